The van der Waals surface area contributed by atoms with Gasteiger partial charge in [-0.3, -0.25) is 4.90 Å². The fourth-order valence-corrected chi connectivity index (χ4v) is 2.80. The van der Waals surface area contributed by atoms with Crippen LogP contribution >= 0.6 is 0 Å². The highest BCUT2D eigenvalue weighted by Gasteiger charge is 2.14. The van der Waals surface area contributed by atoms with Crippen molar-refractivity contribution in [1.82, 2.24) is 9.80 Å². The fraction of sp³-hybridized carbons (Fsp3) is 0.625. The third-order valence-electron chi connectivity index (χ3n) is 4.05. The van der Waals surface area contributed by atoms with Crippen LogP contribution in [-0.4, -0.2) is 42.5 Å². The lowest BCUT2D eigenvalue weighted by Crippen LogP contribution is -2.33. The predicted octanol–water partition coefficient (Wildman–Crippen LogP) is 2.78. The molecular formula is C16H26N2. The first-order valence-corrected chi connectivity index (χ1v) is 7.35. The Hall–Kier alpha value is -0.860. The molecule has 0 aromatic heterocycles. The standard InChI is InChI=1S/C16H26N2/c1-3-17(4-2)11-7-12-18-13-10-15-8-5-6-9-16(15)14-18/h5-6,8-9H,3-4,7,10-14H2,1-2H3. The number of hydrogen-bond donors (Lipinski definition) is 0. The Morgan fingerprint density at radius 2 is 1.83 bits per heavy atom. The maximum Gasteiger partial charge on any atom is 0.0236 e. The van der Waals surface area contributed by atoms with Gasteiger partial charge in [0.1, 0.15) is 0 Å². The lowest BCUT2D eigenvalue weighted by molar-refractivity contribution is 0.223. The van der Waals surface area contributed by atoms with Crippen LogP contribution in [0.15, 0.2) is 24.3 Å². The van der Waals surface area contributed by atoms with Crippen LogP contribution < -0.4 is 0 Å². The van der Waals surface area contributed by atoms with Crippen LogP contribution in [0.2, 0.25) is 0 Å². The summed E-state index contributed by atoms with van der Waals surface area (Å²) in [5, 5.41) is 0. The molecule has 2 nitrogen and oxygen atoms in total. The van der Waals surface area contributed by atoms with E-state index in [-0.39, 0.29) is 0 Å². The smallest absolute Gasteiger partial charge is 0.0236 e. The largest absolute Gasteiger partial charge is 0.304 e. The first-order chi connectivity index (χ1) is 8.83. The molecule has 0 aliphatic carbocycles. The average Bonchev–Trinajstić information content (AvgIpc) is 2.43. The van der Waals surface area contributed by atoms with E-state index in [1.54, 1.807) is 5.56 Å². The van der Waals surface area contributed by atoms with Gasteiger partial charge >= 0.3 is 0 Å². The van der Waals surface area contributed by atoms with Crippen LogP contribution in [0.1, 0.15) is 31.4 Å². The van der Waals surface area contributed by atoms with Gasteiger partial charge in [-0.15, -0.1) is 0 Å². The monoisotopic (exact) mass is 246 g/mol. The van der Waals surface area contributed by atoms with Gasteiger partial charge in [-0.2, -0.15) is 0 Å². The molecule has 1 aliphatic rings. The summed E-state index contributed by atoms with van der Waals surface area (Å²) >= 11 is 0. The molecule has 0 unspecified atom stereocenters. The van der Waals surface area contributed by atoms with Crippen molar-refractivity contribution in [2.45, 2.75) is 33.2 Å². The van der Waals surface area contributed by atoms with Crippen molar-refractivity contribution in [3.05, 3.63) is 35.4 Å². The van der Waals surface area contributed by atoms with Crippen molar-refractivity contribution in [3.8, 4) is 0 Å². The van der Waals surface area contributed by atoms with Crippen molar-refractivity contribution in [2.75, 3.05) is 32.7 Å². The van der Waals surface area contributed by atoms with Crippen LogP contribution in [-0.2, 0) is 13.0 Å². The minimum absolute atomic E-state index is 1.15. The molecule has 0 radical (unpaired) electrons. The van der Waals surface area contributed by atoms with Gasteiger partial charge in [-0.25, -0.2) is 0 Å². The molecular weight excluding hydrogens is 220 g/mol. The zero-order valence-corrected chi connectivity index (χ0v) is 11.9. The third kappa shape index (κ3) is 3.56. The van der Waals surface area contributed by atoms with Crippen LogP contribution in [0.25, 0.3) is 0 Å². The van der Waals surface area contributed by atoms with Gasteiger partial charge in [0.25, 0.3) is 0 Å². The van der Waals surface area contributed by atoms with Crippen LogP contribution in [0.4, 0.5) is 0 Å². The molecule has 1 aromatic rings. The summed E-state index contributed by atoms with van der Waals surface area (Å²) in [6.45, 7) is 11.7. The summed E-state index contributed by atoms with van der Waals surface area (Å²) in [5.74, 6) is 0. The van der Waals surface area contributed by atoms with Crippen molar-refractivity contribution in [3.63, 3.8) is 0 Å². The van der Waals surface area contributed by atoms with Crippen molar-refractivity contribution < 1.29 is 0 Å². The second-order valence-corrected chi connectivity index (χ2v) is 5.18. The highest BCUT2D eigenvalue weighted by Crippen LogP contribution is 2.18. The minimum atomic E-state index is 1.15. The molecule has 0 bridgehead atoms. The molecule has 0 atom stereocenters. The van der Waals surface area contributed by atoms with Crippen molar-refractivity contribution in [1.29, 1.82) is 0 Å². The van der Waals surface area contributed by atoms with Gasteiger partial charge in [0.05, 0.1) is 0 Å². The summed E-state index contributed by atoms with van der Waals surface area (Å²) in [5.41, 5.74) is 3.09. The normalized spacial score (nSPS) is 15.9. The van der Waals surface area contributed by atoms with Gasteiger partial charge < -0.3 is 4.90 Å². The van der Waals surface area contributed by atoms with E-state index in [0.29, 0.717) is 0 Å². The lowest BCUT2D eigenvalue weighted by atomic mass is 10.00. The summed E-state index contributed by atoms with van der Waals surface area (Å²) in [6, 6.07) is 8.89. The summed E-state index contributed by atoms with van der Waals surface area (Å²) in [6.07, 6.45) is 2.52. The van der Waals surface area contributed by atoms with Gasteiger partial charge in [-0.05, 0) is 50.1 Å². The van der Waals surface area contributed by atoms with Crippen molar-refractivity contribution in [2.24, 2.45) is 0 Å². The first-order valence-electron chi connectivity index (χ1n) is 7.35. The van der Waals surface area contributed by atoms with E-state index >= 15 is 0 Å². The average molecular weight is 246 g/mol. The number of fused-ring (bicyclic) bond motifs is 1. The topological polar surface area (TPSA) is 6.48 Å². The fourth-order valence-electron chi connectivity index (χ4n) is 2.80. The van der Waals surface area contributed by atoms with E-state index in [0.717, 1.165) is 6.54 Å². The van der Waals surface area contributed by atoms with Gasteiger partial charge in [0, 0.05) is 13.1 Å². The van der Waals surface area contributed by atoms with E-state index in [2.05, 4.69) is 47.9 Å². The molecule has 1 heterocycles. The number of hydrogen-bond acceptors (Lipinski definition) is 2. The van der Waals surface area contributed by atoms with Crippen molar-refractivity contribution >= 4 is 0 Å². The zero-order chi connectivity index (χ0) is 12.8. The predicted molar refractivity (Wildman–Crippen MR) is 77.8 cm³/mol. The molecule has 1 aromatic carbocycles. The van der Waals surface area contributed by atoms with Gasteiger partial charge in [0.15, 0.2) is 0 Å². The molecule has 0 fully saturated rings. The zero-order valence-electron chi connectivity index (χ0n) is 11.9. The number of nitrogens with zero attached hydrogens (tertiary/aromatic N) is 2. The molecule has 100 valence electrons. The summed E-state index contributed by atoms with van der Waals surface area (Å²) in [4.78, 5) is 5.11. The Kier molecular flexibility index (Phi) is 5.21. The van der Waals surface area contributed by atoms with Crippen LogP contribution in [0.5, 0.6) is 0 Å². The van der Waals surface area contributed by atoms with E-state index in [1.165, 1.54) is 51.1 Å². The molecule has 2 rings (SSSR count). The van der Waals surface area contributed by atoms with E-state index in [1.807, 2.05) is 0 Å². The number of rotatable bonds is 6. The Labute approximate surface area is 112 Å². The van der Waals surface area contributed by atoms with Crippen LogP contribution in [0.3, 0.4) is 0 Å². The molecule has 0 saturated heterocycles. The molecule has 18 heavy (non-hydrogen) atoms. The Bertz CT molecular complexity index is 358. The van der Waals surface area contributed by atoms with E-state index < -0.39 is 0 Å². The minimum Gasteiger partial charge on any atom is -0.304 e. The maximum atomic E-state index is 2.60. The molecule has 0 spiro atoms. The second-order valence-electron chi connectivity index (χ2n) is 5.18. The Morgan fingerprint density at radius 1 is 1.11 bits per heavy atom. The third-order valence-corrected chi connectivity index (χ3v) is 4.05. The second kappa shape index (κ2) is 6.91. The first kappa shape index (κ1) is 13.6. The quantitative estimate of drug-likeness (QED) is 0.761. The molecule has 1 aliphatic heterocycles. The molecule has 2 heteroatoms. The van der Waals surface area contributed by atoms with E-state index in [4.69, 9.17) is 0 Å². The molecule has 0 amide bonds. The highest BCUT2D eigenvalue weighted by atomic mass is 15.1. The number of benzene rings is 1. The lowest BCUT2D eigenvalue weighted by Gasteiger charge is -2.29. The SMILES string of the molecule is CCN(CC)CCCN1CCc2ccccc2C1. The summed E-state index contributed by atoms with van der Waals surface area (Å²) in [7, 11) is 0. The Morgan fingerprint density at radius 3 is 2.56 bits per heavy atom. The summed E-state index contributed by atoms with van der Waals surface area (Å²) < 4.78 is 0. The Balaban J connectivity index is 1.76. The molecule has 0 saturated carbocycles. The highest BCUT2D eigenvalue weighted by molar-refractivity contribution is 5.28. The van der Waals surface area contributed by atoms with Crippen LogP contribution in [0, 0.1) is 0 Å². The van der Waals surface area contributed by atoms with Gasteiger partial charge in [-0.1, -0.05) is 38.1 Å². The van der Waals surface area contributed by atoms with Gasteiger partial charge in [0.2, 0.25) is 0 Å². The maximum absolute atomic E-state index is 2.60. The molecule has 0 N–H and O–H groups in total. The van der Waals surface area contributed by atoms with E-state index in [9.17, 15) is 0 Å².